The predicted molar refractivity (Wildman–Crippen MR) is 87.9 cm³/mol. The van der Waals surface area contributed by atoms with Gasteiger partial charge in [0.1, 0.15) is 0 Å². The Balaban J connectivity index is 1.47. The highest BCUT2D eigenvalue weighted by atomic mass is 16.5. The fourth-order valence-electron chi connectivity index (χ4n) is 4.44. The van der Waals surface area contributed by atoms with E-state index in [1.54, 1.807) is 0 Å². The van der Waals surface area contributed by atoms with Crippen LogP contribution in [0.3, 0.4) is 0 Å². The van der Waals surface area contributed by atoms with Gasteiger partial charge in [-0.2, -0.15) is 0 Å². The van der Waals surface area contributed by atoms with Gasteiger partial charge < -0.3 is 14.5 Å². The van der Waals surface area contributed by atoms with Gasteiger partial charge in [-0.15, -0.1) is 0 Å². The Morgan fingerprint density at radius 1 is 0.826 bits per heavy atom. The van der Waals surface area contributed by atoms with Crippen molar-refractivity contribution in [2.24, 2.45) is 5.92 Å². The van der Waals surface area contributed by atoms with Gasteiger partial charge >= 0.3 is 0 Å². The van der Waals surface area contributed by atoms with Crippen LogP contribution in [-0.2, 0) is 14.3 Å². The molecule has 0 aromatic rings. The van der Waals surface area contributed by atoms with E-state index in [2.05, 4.69) is 4.90 Å². The lowest BCUT2D eigenvalue weighted by Gasteiger charge is -2.34. The molecule has 0 spiro atoms. The van der Waals surface area contributed by atoms with Crippen molar-refractivity contribution in [3.63, 3.8) is 0 Å². The summed E-state index contributed by atoms with van der Waals surface area (Å²) in [4.78, 5) is 28.7. The fourth-order valence-corrected chi connectivity index (χ4v) is 4.44. The molecule has 2 saturated heterocycles. The summed E-state index contributed by atoms with van der Waals surface area (Å²) >= 11 is 0. The van der Waals surface area contributed by atoms with E-state index in [-0.39, 0.29) is 11.8 Å². The average molecular weight is 322 g/mol. The highest BCUT2D eigenvalue weighted by Gasteiger charge is 2.35. The molecule has 3 rings (SSSR count). The second kappa shape index (κ2) is 8.13. The Kier molecular flexibility index (Phi) is 5.92. The summed E-state index contributed by atoms with van der Waals surface area (Å²) in [5.41, 5.74) is 0. The topological polar surface area (TPSA) is 49.9 Å². The number of nitrogens with zero attached hydrogens (tertiary/aromatic N) is 2. The molecule has 1 saturated carbocycles. The molecule has 0 radical (unpaired) electrons. The third-order valence-electron chi connectivity index (χ3n) is 5.73. The van der Waals surface area contributed by atoms with Crippen molar-refractivity contribution in [3.05, 3.63) is 0 Å². The summed E-state index contributed by atoms with van der Waals surface area (Å²) in [7, 11) is 0. The van der Waals surface area contributed by atoms with Crippen LogP contribution in [0.1, 0.15) is 57.8 Å². The van der Waals surface area contributed by atoms with Crippen LogP contribution in [0.4, 0.5) is 0 Å². The maximum atomic E-state index is 12.6. The first kappa shape index (κ1) is 16.7. The quantitative estimate of drug-likeness (QED) is 0.797. The van der Waals surface area contributed by atoms with Crippen LogP contribution in [0, 0.1) is 5.92 Å². The van der Waals surface area contributed by atoms with Crippen LogP contribution in [0.15, 0.2) is 0 Å². The molecule has 3 fully saturated rings. The lowest BCUT2D eigenvalue weighted by atomic mass is 9.83. The maximum Gasteiger partial charge on any atom is 0.223 e. The molecule has 0 aromatic carbocycles. The lowest BCUT2D eigenvalue weighted by Crippen LogP contribution is -2.43. The lowest BCUT2D eigenvalue weighted by molar-refractivity contribution is -0.140. The average Bonchev–Trinajstić information content (AvgIpc) is 3.11. The Morgan fingerprint density at radius 3 is 2.26 bits per heavy atom. The SMILES string of the molecule is O=C(CCC(=O)N1CCCC1C1CCCCC1)N1CCOCC1. The number of ether oxygens (including phenoxy) is 1. The summed E-state index contributed by atoms with van der Waals surface area (Å²) in [5.74, 6) is 1.000. The third-order valence-corrected chi connectivity index (χ3v) is 5.73. The van der Waals surface area contributed by atoms with Crippen molar-refractivity contribution in [1.29, 1.82) is 0 Å². The third kappa shape index (κ3) is 4.25. The maximum absolute atomic E-state index is 12.6. The molecule has 2 amide bonds. The molecule has 0 bridgehead atoms. The molecular formula is C18H30N2O3. The highest BCUT2D eigenvalue weighted by Crippen LogP contribution is 2.34. The van der Waals surface area contributed by atoms with Gasteiger partial charge in [-0.25, -0.2) is 0 Å². The molecule has 3 aliphatic rings. The minimum Gasteiger partial charge on any atom is -0.378 e. The minimum atomic E-state index is 0.107. The van der Waals surface area contributed by atoms with Gasteiger partial charge in [-0.05, 0) is 31.6 Å². The minimum absolute atomic E-state index is 0.107. The van der Waals surface area contributed by atoms with Crippen molar-refractivity contribution in [2.45, 2.75) is 63.8 Å². The van der Waals surface area contributed by atoms with Gasteiger partial charge in [0.05, 0.1) is 13.2 Å². The Bertz CT molecular complexity index is 414. The second-order valence-corrected chi connectivity index (χ2v) is 7.19. The van der Waals surface area contributed by atoms with Crippen LogP contribution in [0.2, 0.25) is 0 Å². The monoisotopic (exact) mass is 322 g/mol. The zero-order chi connectivity index (χ0) is 16.1. The summed E-state index contributed by atoms with van der Waals surface area (Å²) in [6, 6.07) is 0.446. The van der Waals surface area contributed by atoms with Crippen molar-refractivity contribution >= 4 is 11.8 Å². The van der Waals surface area contributed by atoms with Crippen molar-refractivity contribution in [2.75, 3.05) is 32.8 Å². The number of rotatable bonds is 4. The number of likely N-dealkylation sites (tertiary alicyclic amines) is 1. The Morgan fingerprint density at radius 2 is 1.52 bits per heavy atom. The first-order valence-electron chi connectivity index (χ1n) is 9.40. The van der Waals surface area contributed by atoms with Crippen molar-refractivity contribution in [3.8, 4) is 0 Å². The summed E-state index contributed by atoms with van der Waals surface area (Å²) in [5, 5.41) is 0. The zero-order valence-corrected chi connectivity index (χ0v) is 14.2. The number of hydrogen-bond acceptors (Lipinski definition) is 3. The van der Waals surface area contributed by atoms with Crippen molar-refractivity contribution < 1.29 is 14.3 Å². The highest BCUT2D eigenvalue weighted by molar-refractivity contribution is 5.84. The molecule has 130 valence electrons. The summed E-state index contributed by atoms with van der Waals surface area (Å²) in [6.07, 6.45) is 9.56. The number of morpholine rings is 1. The molecule has 5 nitrogen and oxygen atoms in total. The molecule has 0 N–H and O–H groups in total. The molecule has 1 unspecified atom stereocenters. The Hall–Kier alpha value is -1.10. The van der Waals surface area contributed by atoms with Gasteiger partial charge in [0, 0.05) is 38.5 Å². The largest absolute Gasteiger partial charge is 0.378 e. The van der Waals surface area contributed by atoms with Crippen LogP contribution in [0.5, 0.6) is 0 Å². The first-order chi connectivity index (χ1) is 11.3. The van der Waals surface area contributed by atoms with Crippen LogP contribution in [-0.4, -0.2) is 60.5 Å². The molecule has 1 aliphatic carbocycles. The standard InChI is InChI=1S/C18H30N2O3/c21-17(19-11-13-23-14-12-19)8-9-18(22)20-10-4-7-16(20)15-5-2-1-3-6-15/h15-16H,1-14H2. The number of hydrogen-bond donors (Lipinski definition) is 0. The van der Waals surface area contributed by atoms with E-state index in [4.69, 9.17) is 4.74 Å². The Labute approximate surface area is 139 Å². The van der Waals surface area contributed by atoms with Gasteiger partial charge in [0.25, 0.3) is 0 Å². The summed E-state index contributed by atoms with van der Waals surface area (Å²) < 4.78 is 5.27. The molecule has 23 heavy (non-hydrogen) atoms. The van der Waals surface area contributed by atoms with Crippen LogP contribution >= 0.6 is 0 Å². The molecule has 1 atom stereocenters. The smallest absolute Gasteiger partial charge is 0.223 e. The normalized spacial score (nSPS) is 26.5. The van der Waals surface area contributed by atoms with E-state index in [9.17, 15) is 9.59 Å². The molecule has 2 heterocycles. The van der Waals surface area contributed by atoms with Gasteiger partial charge in [-0.1, -0.05) is 19.3 Å². The molecule has 2 aliphatic heterocycles. The van der Waals surface area contributed by atoms with E-state index < -0.39 is 0 Å². The second-order valence-electron chi connectivity index (χ2n) is 7.19. The fraction of sp³-hybridized carbons (Fsp3) is 0.889. The molecule has 5 heteroatoms. The van der Waals surface area contributed by atoms with Gasteiger partial charge in [-0.3, -0.25) is 9.59 Å². The van der Waals surface area contributed by atoms with E-state index in [1.807, 2.05) is 4.90 Å². The number of carbonyl (C=O) groups is 2. The molecule has 0 aromatic heterocycles. The van der Waals surface area contributed by atoms with E-state index in [1.165, 1.54) is 32.1 Å². The van der Waals surface area contributed by atoms with Gasteiger partial charge in [0.15, 0.2) is 0 Å². The predicted octanol–water partition coefficient (Wildman–Crippen LogP) is 2.20. The van der Waals surface area contributed by atoms with Gasteiger partial charge in [0.2, 0.25) is 11.8 Å². The summed E-state index contributed by atoms with van der Waals surface area (Å²) in [6.45, 7) is 3.47. The van der Waals surface area contributed by atoms with Crippen molar-refractivity contribution in [1.82, 2.24) is 9.80 Å². The number of amides is 2. The molecular weight excluding hydrogens is 292 g/mol. The van der Waals surface area contributed by atoms with E-state index in [0.717, 1.165) is 19.4 Å². The van der Waals surface area contributed by atoms with Crippen LogP contribution < -0.4 is 0 Å². The van der Waals surface area contributed by atoms with Crippen LogP contribution in [0.25, 0.3) is 0 Å². The van der Waals surface area contributed by atoms with E-state index in [0.29, 0.717) is 51.1 Å². The first-order valence-corrected chi connectivity index (χ1v) is 9.40. The van der Waals surface area contributed by atoms with E-state index >= 15 is 0 Å². The zero-order valence-electron chi connectivity index (χ0n) is 14.2. The number of carbonyl (C=O) groups excluding carboxylic acids is 2.